The van der Waals surface area contributed by atoms with Gasteiger partial charge >= 0.3 is 0 Å². The third kappa shape index (κ3) is 4.65. The number of fused-ring (bicyclic) bond motifs is 3. The van der Waals surface area contributed by atoms with Gasteiger partial charge in [0.1, 0.15) is 11.2 Å². The van der Waals surface area contributed by atoms with Crippen LogP contribution in [0.15, 0.2) is 156 Å². The number of hydrogen-bond acceptors (Lipinski definition) is 4. The highest BCUT2D eigenvalue weighted by Gasteiger charge is 2.17. The van der Waals surface area contributed by atoms with E-state index in [1.807, 2.05) is 0 Å². The average molecular weight is 569 g/mol. The van der Waals surface area contributed by atoms with Crippen LogP contribution in [0.25, 0.3) is 78.4 Å². The second-order valence-electron chi connectivity index (χ2n) is 9.22. The molecule has 4 heteroatoms. The summed E-state index contributed by atoms with van der Waals surface area (Å²) >= 11 is 0. The van der Waals surface area contributed by atoms with Gasteiger partial charge in [0.25, 0.3) is 0 Å². The molecule has 0 spiro atoms. The zero-order valence-electron chi connectivity index (χ0n) is 38.9. The summed E-state index contributed by atoms with van der Waals surface area (Å²) in [5.74, 6) is -0.913. The highest BCUT2D eigenvalue weighted by molar-refractivity contribution is 6.11. The summed E-state index contributed by atoms with van der Waals surface area (Å²) in [6, 6.07) is 3.71. The fraction of sp³-hybridized carbons (Fsp3) is 0. The zero-order valence-corrected chi connectivity index (χ0v) is 21.9. The summed E-state index contributed by atoms with van der Waals surface area (Å²) in [6.07, 6.45) is 0. The largest absolute Gasteiger partial charge is 0.456 e. The molecule has 0 aliphatic rings. The molecule has 0 amide bonds. The Hall–Kier alpha value is -5.87. The second-order valence-corrected chi connectivity index (χ2v) is 9.22. The quantitative estimate of drug-likeness (QED) is 0.207. The SMILES string of the molecule is [2H]c1c([2H])c([2H])c(-c2ccc(-c3ccc(-c4nc(-c5c([2H])c([2H])c([2H])c([2H])c5[2H])nc(-c5c([2H])c([2H])c([2H])c6oc7c([2H])c([2H])c([2H])c([2H])c7c56)n4)cc3)cc2)c([2H])c1[2H]. The maximum Gasteiger partial charge on any atom is 0.164 e. The molecule has 2 heterocycles. The maximum absolute atomic E-state index is 9.02. The Bertz CT molecular complexity index is 3110. The maximum atomic E-state index is 9.02. The van der Waals surface area contributed by atoms with E-state index in [1.165, 1.54) is 0 Å². The van der Waals surface area contributed by atoms with Crippen molar-refractivity contribution in [2.45, 2.75) is 0 Å². The van der Waals surface area contributed by atoms with E-state index >= 15 is 0 Å². The molecule has 0 bridgehead atoms. The van der Waals surface area contributed by atoms with Crippen LogP contribution in [0.1, 0.15) is 23.3 Å². The second kappa shape index (κ2) is 10.5. The summed E-state index contributed by atoms with van der Waals surface area (Å²) in [7, 11) is 0. The molecule has 8 aromatic rings. The Morgan fingerprint density at radius 1 is 0.395 bits per heavy atom. The Labute approximate surface area is 272 Å². The summed E-state index contributed by atoms with van der Waals surface area (Å²) in [6.45, 7) is 0. The predicted octanol–water partition coefficient (Wildman–Crippen LogP) is 10.1. The molecule has 0 atom stereocenters. The van der Waals surface area contributed by atoms with Crippen molar-refractivity contribution >= 4 is 21.9 Å². The number of para-hydroxylation sites is 1. The first kappa shape index (κ1) is 13.0. The predicted molar refractivity (Wildman–Crippen MR) is 174 cm³/mol. The molecule has 202 valence electrons. The molecule has 6 aromatic carbocycles. The van der Waals surface area contributed by atoms with Crippen LogP contribution in [0, 0.1) is 0 Å². The molecule has 43 heavy (non-hydrogen) atoms. The fourth-order valence-corrected chi connectivity index (χ4v) is 4.65. The van der Waals surface area contributed by atoms with Crippen LogP contribution in [0.4, 0.5) is 0 Å². The fourth-order valence-electron chi connectivity index (χ4n) is 4.65. The molecule has 0 fully saturated rings. The van der Waals surface area contributed by atoms with Gasteiger partial charge in [0.05, 0.1) is 23.3 Å². The van der Waals surface area contributed by atoms with E-state index in [1.54, 1.807) is 48.5 Å². The van der Waals surface area contributed by atoms with Crippen molar-refractivity contribution in [1.82, 2.24) is 15.0 Å². The lowest BCUT2D eigenvalue weighted by Crippen LogP contribution is -2.00. The molecule has 8 rings (SSSR count). The third-order valence-electron chi connectivity index (χ3n) is 6.68. The van der Waals surface area contributed by atoms with E-state index in [0.29, 0.717) is 22.3 Å². The molecule has 4 nitrogen and oxygen atoms in total. The molecular formula is C39H25N3O. The van der Waals surface area contributed by atoms with Gasteiger partial charge in [-0.3, -0.25) is 0 Å². The van der Waals surface area contributed by atoms with Crippen LogP contribution < -0.4 is 0 Å². The van der Waals surface area contributed by atoms with Crippen molar-refractivity contribution in [2.24, 2.45) is 0 Å². The monoisotopic (exact) mass is 568 g/mol. The first-order valence-corrected chi connectivity index (χ1v) is 12.9. The van der Waals surface area contributed by atoms with E-state index in [4.69, 9.17) is 27.7 Å². The standard InChI is InChI=1S/C39H25N3O/c1-3-10-26(11-4-1)27-18-20-28(21-19-27)29-22-24-31(25-23-29)38-40-37(30-12-5-2-6-13-30)41-39(42-38)33-15-9-17-35-36(33)32-14-7-8-16-34(32)43-35/h1-25H/i1D,2D,3D,4D,5D,6D,7D,8D,9D,10D,11D,12D,13D,14D,15D,16D,17D. The van der Waals surface area contributed by atoms with Crippen LogP contribution in [0.5, 0.6) is 0 Å². The number of nitrogens with zero attached hydrogens (tertiary/aromatic N) is 3. The van der Waals surface area contributed by atoms with Crippen LogP contribution in [-0.4, -0.2) is 15.0 Å². The normalized spacial score (nSPS) is 16.8. The lowest BCUT2D eigenvalue weighted by molar-refractivity contribution is 0.669. The van der Waals surface area contributed by atoms with Gasteiger partial charge in [0.15, 0.2) is 17.5 Å². The molecular weight excluding hydrogens is 526 g/mol. The van der Waals surface area contributed by atoms with Crippen molar-refractivity contribution in [3.8, 4) is 56.4 Å². The zero-order chi connectivity index (χ0) is 43.4. The number of rotatable bonds is 5. The molecule has 0 unspecified atom stereocenters. The smallest absolute Gasteiger partial charge is 0.164 e. The van der Waals surface area contributed by atoms with E-state index in [-0.39, 0.29) is 56.8 Å². The van der Waals surface area contributed by atoms with E-state index < -0.39 is 102 Å². The lowest BCUT2D eigenvalue weighted by Gasteiger charge is -2.10. The van der Waals surface area contributed by atoms with Crippen molar-refractivity contribution in [3.05, 3.63) is 151 Å². The van der Waals surface area contributed by atoms with Gasteiger partial charge in [0.2, 0.25) is 0 Å². The molecule has 0 radical (unpaired) electrons. The Morgan fingerprint density at radius 3 is 1.56 bits per heavy atom. The Balaban J connectivity index is 1.33. The topological polar surface area (TPSA) is 51.8 Å². The highest BCUT2D eigenvalue weighted by Crippen LogP contribution is 2.36. The van der Waals surface area contributed by atoms with Crippen LogP contribution in [0.2, 0.25) is 0 Å². The molecule has 0 N–H and O–H groups in total. The lowest BCUT2D eigenvalue weighted by atomic mass is 9.99. The Morgan fingerprint density at radius 2 is 0.884 bits per heavy atom. The first-order valence-electron chi connectivity index (χ1n) is 21.4. The molecule has 0 saturated carbocycles. The van der Waals surface area contributed by atoms with Gasteiger partial charge in [-0.05, 0) is 34.3 Å². The van der Waals surface area contributed by atoms with Crippen molar-refractivity contribution < 1.29 is 27.7 Å². The van der Waals surface area contributed by atoms with Crippen LogP contribution >= 0.6 is 0 Å². The van der Waals surface area contributed by atoms with Gasteiger partial charge in [-0.15, -0.1) is 0 Å². The van der Waals surface area contributed by atoms with Crippen LogP contribution in [0.3, 0.4) is 0 Å². The van der Waals surface area contributed by atoms with Gasteiger partial charge in [0, 0.05) is 27.5 Å². The number of aromatic nitrogens is 3. The summed E-state index contributed by atoms with van der Waals surface area (Å²) in [5.41, 5.74) is 0.745. The van der Waals surface area contributed by atoms with E-state index in [2.05, 4.69) is 15.0 Å². The summed E-state index contributed by atoms with van der Waals surface area (Å²) < 4.78 is 148. The number of furan rings is 1. The molecule has 0 saturated heterocycles. The number of benzene rings is 6. The third-order valence-corrected chi connectivity index (χ3v) is 6.68. The minimum absolute atomic E-state index is 0.0512. The van der Waals surface area contributed by atoms with E-state index in [9.17, 15) is 0 Å². The minimum Gasteiger partial charge on any atom is -0.456 e. The highest BCUT2D eigenvalue weighted by atomic mass is 16.3. The van der Waals surface area contributed by atoms with Gasteiger partial charge in [-0.2, -0.15) is 0 Å². The van der Waals surface area contributed by atoms with E-state index in [0.717, 1.165) is 0 Å². The summed E-state index contributed by atoms with van der Waals surface area (Å²) in [5, 5.41) is -0.379. The van der Waals surface area contributed by atoms with Gasteiger partial charge < -0.3 is 4.42 Å². The Kier molecular flexibility index (Phi) is 3.17. The molecule has 2 aromatic heterocycles. The minimum atomic E-state index is -0.677. The van der Waals surface area contributed by atoms with Crippen LogP contribution in [-0.2, 0) is 0 Å². The van der Waals surface area contributed by atoms with Gasteiger partial charge in [-0.25, -0.2) is 15.0 Å². The summed E-state index contributed by atoms with van der Waals surface area (Å²) in [4.78, 5) is 13.6. The van der Waals surface area contributed by atoms with Gasteiger partial charge in [-0.1, -0.05) is 139 Å². The molecule has 0 aliphatic heterocycles. The first-order chi connectivity index (χ1) is 28.3. The van der Waals surface area contributed by atoms with Crippen molar-refractivity contribution in [2.75, 3.05) is 0 Å². The van der Waals surface area contributed by atoms with Crippen molar-refractivity contribution in [3.63, 3.8) is 0 Å². The molecule has 0 aliphatic carbocycles. The number of hydrogen-bond donors (Lipinski definition) is 0. The average Bonchev–Trinajstić information content (AvgIpc) is 3.65. The van der Waals surface area contributed by atoms with Crippen molar-refractivity contribution in [1.29, 1.82) is 0 Å².